The van der Waals surface area contributed by atoms with Crippen LogP contribution in [0.3, 0.4) is 0 Å². The fraction of sp³-hybridized carbons (Fsp3) is 0.455. The molecule has 2 nitrogen and oxygen atoms in total. The van der Waals surface area contributed by atoms with Crippen molar-refractivity contribution < 1.29 is 5.11 Å². The molecule has 0 aliphatic rings. The summed E-state index contributed by atoms with van der Waals surface area (Å²) >= 11 is 0. The van der Waals surface area contributed by atoms with Crippen molar-refractivity contribution in [1.82, 2.24) is 4.90 Å². The minimum absolute atomic E-state index is 0.104. The van der Waals surface area contributed by atoms with Gasteiger partial charge in [-0.25, -0.2) is 0 Å². The lowest BCUT2D eigenvalue weighted by Gasteiger charge is -2.14. The normalized spacial score (nSPS) is 10.8. The van der Waals surface area contributed by atoms with Gasteiger partial charge in [-0.2, -0.15) is 0 Å². The Labute approximate surface area is 79.8 Å². The van der Waals surface area contributed by atoms with E-state index in [0.717, 1.165) is 6.54 Å². The van der Waals surface area contributed by atoms with E-state index in [-0.39, 0.29) is 6.73 Å². The average molecular weight is 179 g/mol. The Morgan fingerprint density at radius 2 is 2.00 bits per heavy atom. The molecule has 0 radical (unpaired) electrons. The predicted octanol–water partition coefficient (Wildman–Crippen LogP) is 1.69. The zero-order valence-corrected chi connectivity index (χ0v) is 8.54. The van der Waals surface area contributed by atoms with Gasteiger partial charge in [0, 0.05) is 6.54 Å². The number of rotatable bonds is 3. The molecule has 0 saturated heterocycles. The topological polar surface area (TPSA) is 23.5 Å². The molecule has 72 valence electrons. The van der Waals surface area contributed by atoms with Gasteiger partial charge in [0.2, 0.25) is 0 Å². The number of benzene rings is 1. The number of aliphatic hydroxyl groups is 1. The maximum absolute atomic E-state index is 8.87. The third-order valence-corrected chi connectivity index (χ3v) is 2.18. The monoisotopic (exact) mass is 179 g/mol. The van der Waals surface area contributed by atoms with Gasteiger partial charge in [-0.05, 0) is 32.0 Å². The highest BCUT2D eigenvalue weighted by Gasteiger charge is 2.01. The molecule has 0 saturated carbocycles. The molecule has 0 bridgehead atoms. The van der Waals surface area contributed by atoms with Gasteiger partial charge in [0.1, 0.15) is 0 Å². The summed E-state index contributed by atoms with van der Waals surface area (Å²) in [6.07, 6.45) is 0. The first kappa shape index (κ1) is 10.2. The Bertz CT molecular complexity index is 283. The standard InChI is InChI=1S/C11H17NO/c1-9-4-5-11(10(2)6-9)7-12(3)8-13/h4-6,13H,7-8H2,1-3H3. The number of hydrogen-bond acceptors (Lipinski definition) is 2. The number of hydrogen-bond donors (Lipinski definition) is 1. The molecular formula is C11H17NO. The summed E-state index contributed by atoms with van der Waals surface area (Å²) in [4.78, 5) is 1.87. The maximum Gasteiger partial charge on any atom is 0.0956 e. The van der Waals surface area contributed by atoms with Crippen molar-refractivity contribution in [2.45, 2.75) is 20.4 Å². The predicted molar refractivity (Wildman–Crippen MR) is 54.5 cm³/mol. The van der Waals surface area contributed by atoms with E-state index in [2.05, 4.69) is 32.0 Å². The Kier molecular flexibility index (Phi) is 3.46. The van der Waals surface area contributed by atoms with Crippen LogP contribution in [0.5, 0.6) is 0 Å². The van der Waals surface area contributed by atoms with Crippen molar-refractivity contribution in [3.8, 4) is 0 Å². The summed E-state index contributed by atoms with van der Waals surface area (Å²) in [5, 5.41) is 8.87. The molecule has 0 fully saturated rings. The summed E-state index contributed by atoms with van der Waals surface area (Å²) in [6, 6.07) is 6.39. The molecule has 1 N–H and O–H groups in total. The van der Waals surface area contributed by atoms with E-state index in [1.165, 1.54) is 16.7 Å². The molecule has 0 aliphatic carbocycles. The molecule has 13 heavy (non-hydrogen) atoms. The number of aryl methyl sites for hydroxylation is 2. The first-order valence-electron chi connectivity index (χ1n) is 4.49. The molecule has 0 amide bonds. The van der Waals surface area contributed by atoms with Gasteiger partial charge < -0.3 is 5.11 Å². The van der Waals surface area contributed by atoms with Gasteiger partial charge in [0.15, 0.2) is 0 Å². The second kappa shape index (κ2) is 4.40. The Hall–Kier alpha value is -0.860. The molecular weight excluding hydrogens is 162 g/mol. The van der Waals surface area contributed by atoms with Crippen molar-refractivity contribution in [3.05, 3.63) is 34.9 Å². The SMILES string of the molecule is Cc1ccc(CN(C)CO)c(C)c1. The van der Waals surface area contributed by atoms with E-state index in [1.54, 1.807) is 0 Å². The van der Waals surface area contributed by atoms with Crippen LogP contribution in [0, 0.1) is 13.8 Å². The van der Waals surface area contributed by atoms with Crippen molar-refractivity contribution in [2.24, 2.45) is 0 Å². The molecule has 0 aromatic heterocycles. The minimum atomic E-state index is 0.104. The Balaban J connectivity index is 2.77. The summed E-state index contributed by atoms with van der Waals surface area (Å²) in [5.41, 5.74) is 3.86. The molecule has 0 heterocycles. The third kappa shape index (κ3) is 2.83. The van der Waals surface area contributed by atoms with Crippen LogP contribution < -0.4 is 0 Å². The molecule has 0 unspecified atom stereocenters. The van der Waals surface area contributed by atoms with Crippen molar-refractivity contribution in [1.29, 1.82) is 0 Å². The fourth-order valence-corrected chi connectivity index (χ4v) is 1.36. The second-order valence-corrected chi connectivity index (χ2v) is 3.59. The first-order chi connectivity index (χ1) is 6.13. The second-order valence-electron chi connectivity index (χ2n) is 3.59. The Morgan fingerprint density at radius 1 is 1.31 bits per heavy atom. The number of aliphatic hydroxyl groups excluding tert-OH is 1. The fourth-order valence-electron chi connectivity index (χ4n) is 1.36. The van der Waals surface area contributed by atoms with Crippen LogP contribution in [0.1, 0.15) is 16.7 Å². The summed E-state index contributed by atoms with van der Waals surface area (Å²) < 4.78 is 0. The van der Waals surface area contributed by atoms with Crippen LogP contribution >= 0.6 is 0 Å². The van der Waals surface area contributed by atoms with Gasteiger partial charge in [-0.1, -0.05) is 23.8 Å². The average Bonchev–Trinajstić information content (AvgIpc) is 2.09. The van der Waals surface area contributed by atoms with E-state index in [9.17, 15) is 0 Å². The van der Waals surface area contributed by atoms with Gasteiger partial charge in [0.05, 0.1) is 6.73 Å². The van der Waals surface area contributed by atoms with E-state index in [1.807, 2.05) is 11.9 Å². The van der Waals surface area contributed by atoms with Crippen LogP contribution in [0.15, 0.2) is 18.2 Å². The lowest BCUT2D eigenvalue weighted by Crippen LogP contribution is -2.19. The molecule has 1 aromatic carbocycles. The molecule has 0 atom stereocenters. The lowest BCUT2D eigenvalue weighted by molar-refractivity contribution is 0.127. The smallest absolute Gasteiger partial charge is 0.0956 e. The van der Waals surface area contributed by atoms with Crippen molar-refractivity contribution in [3.63, 3.8) is 0 Å². The molecule has 0 aliphatic heterocycles. The van der Waals surface area contributed by atoms with Gasteiger partial charge in [0.25, 0.3) is 0 Å². The molecule has 2 heteroatoms. The summed E-state index contributed by atoms with van der Waals surface area (Å²) in [5.74, 6) is 0. The highest BCUT2D eigenvalue weighted by atomic mass is 16.3. The molecule has 0 spiro atoms. The zero-order chi connectivity index (χ0) is 9.84. The lowest BCUT2D eigenvalue weighted by atomic mass is 10.1. The minimum Gasteiger partial charge on any atom is -0.381 e. The maximum atomic E-state index is 8.87. The highest BCUT2D eigenvalue weighted by Crippen LogP contribution is 2.11. The summed E-state index contributed by atoms with van der Waals surface area (Å²) in [6.45, 7) is 5.11. The Morgan fingerprint density at radius 3 is 2.54 bits per heavy atom. The van der Waals surface area contributed by atoms with Gasteiger partial charge in [-0.15, -0.1) is 0 Å². The number of nitrogens with zero attached hydrogens (tertiary/aromatic N) is 1. The van der Waals surface area contributed by atoms with Gasteiger partial charge >= 0.3 is 0 Å². The van der Waals surface area contributed by atoms with Crippen LogP contribution in [0.25, 0.3) is 0 Å². The molecule has 1 rings (SSSR count). The van der Waals surface area contributed by atoms with E-state index in [4.69, 9.17) is 5.11 Å². The third-order valence-electron chi connectivity index (χ3n) is 2.18. The van der Waals surface area contributed by atoms with E-state index in [0.29, 0.717) is 0 Å². The zero-order valence-electron chi connectivity index (χ0n) is 8.54. The van der Waals surface area contributed by atoms with Crippen LogP contribution in [0.4, 0.5) is 0 Å². The van der Waals surface area contributed by atoms with Crippen molar-refractivity contribution >= 4 is 0 Å². The van der Waals surface area contributed by atoms with Crippen molar-refractivity contribution in [2.75, 3.05) is 13.8 Å². The van der Waals surface area contributed by atoms with E-state index >= 15 is 0 Å². The van der Waals surface area contributed by atoms with Crippen LogP contribution in [-0.2, 0) is 6.54 Å². The first-order valence-corrected chi connectivity index (χ1v) is 4.49. The molecule has 1 aromatic rings. The largest absolute Gasteiger partial charge is 0.381 e. The van der Waals surface area contributed by atoms with Gasteiger partial charge in [-0.3, -0.25) is 4.90 Å². The highest BCUT2D eigenvalue weighted by molar-refractivity contribution is 5.30. The quantitative estimate of drug-likeness (QED) is 0.714. The summed E-state index contributed by atoms with van der Waals surface area (Å²) in [7, 11) is 1.90. The van der Waals surface area contributed by atoms with E-state index < -0.39 is 0 Å². The van der Waals surface area contributed by atoms with Crippen LogP contribution in [0.2, 0.25) is 0 Å². The van der Waals surface area contributed by atoms with Crippen LogP contribution in [-0.4, -0.2) is 23.8 Å².